The van der Waals surface area contributed by atoms with E-state index < -0.39 is 0 Å². The molecular formula is C14H9Br2N3O. The normalized spacial score (nSPS) is 10.7. The molecule has 0 radical (unpaired) electrons. The summed E-state index contributed by atoms with van der Waals surface area (Å²) in [7, 11) is 0. The summed E-state index contributed by atoms with van der Waals surface area (Å²) in [6.45, 7) is 0. The first-order valence-electron chi connectivity index (χ1n) is 5.80. The van der Waals surface area contributed by atoms with E-state index in [-0.39, 0.29) is 5.75 Å². The number of phenols is 1. The monoisotopic (exact) mass is 393 g/mol. The number of halogens is 2. The Morgan fingerprint density at radius 3 is 2.25 bits per heavy atom. The summed E-state index contributed by atoms with van der Waals surface area (Å²) in [5.41, 5.74) is 2.56. The van der Waals surface area contributed by atoms with Crippen LogP contribution in [0.1, 0.15) is 0 Å². The molecule has 0 saturated carbocycles. The molecule has 1 N–H and O–H groups in total. The van der Waals surface area contributed by atoms with Gasteiger partial charge in [-0.2, -0.15) is 0 Å². The van der Waals surface area contributed by atoms with Gasteiger partial charge in [-0.15, -0.1) is 5.10 Å². The van der Waals surface area contributed by atoms with Gasteiger partial charge in [0.2, 0.25) is 0 Å². The quantitative estimate of drug-likeness (QED) is 0.709. The average Bonchev–Trinajstić information content (AvgIpc) is 2.88. The SMILES string of the molecule is Oc1ccc(-c2cn(-c3cc(Br)cc(Br)c3)nn2)cc1. The lowest BCUT2D eigenvalue weighted by Crippen LogP contribution is -1.94. The third kappa shape index (κ3) is 2.76. The van der Waals surface area contributed by atoms with E-state index in [0.29, 0.717) is 0 Å². The summed E-state index contributed by atoms with van der Waals surface area (Å²) in [4.78, 5) is 0. The van der Waals surface area contributed by atoms with Gasteiger partial charge in [0.05, 0.1) is 11.9 Å². The minimum Gasteiger partial charge on any atom is -0.508 e. The standard InChI is InChI=1S/C14H9Br2N3O/c15-10-5-11(16)7-12(6-10)19-8-14(17-18-19)9-1-3-13(20)4-2-9/h1-8,20H. The zero-order chi connectivity index (χ0) is 14.1. The molecule has 100 valence electrons. The van der Waals surface area contributed by atoms with Gasteiger partial charge < -0.3 is 5.11 Å². The molecule has 0 amide bonds. The second-order valence-corrected chi connectivity index (χ2v) is 6.05. The van der Waals surface area contributed by atoms with Crippen molar-refractivity contribution in [1.29, 1.82) is 0 Å². The zero-order valence-electron chi connectivity index (χ0n) is 10.2. The molecule has 0 bridgehead atoms. The molecule has 20 heavy (non-hydrogen) atoms. The van der Waals surface area contributed by atoms with Gasteiger partial charge >= 0.3 is 0 Å². The lowest BCUT2D eigenvalue weighted by Gasteiger charge is -2.02. The van der Waals surface area contributed by atoms with Crippen LogP contribution in [0.5, 0.6) is 5.75 Å². The maximum atomic E-state index is 9.30. The molecule has 0 spiro atoms. The predicted octanol–water partition coefficient (Wildman–Crippen LogP) is 4.16. The van der Waals surface area contributed by atoms with Gasteiger partial charge in [-0.3, -0.25) is 0 Å². The Labute approximate surface area is 132 Å². The number of hydrogen-bond acceptors (Lipinski definition) is 3. The van der Waals surface area contributed by atoms with E-state index in [4.69, 9.17) is 0 Å². The van der Waals surface area contributed by atoms with Crippen LogP contribution in [0.15, 0.2) is 57.6 Å². The maximum Gasteiger partial charge on any atom is 0.115 e. The van der Waals surface area contributed by atoms with Crippen molar-refractivity contribution in [3.05, 3.63) is 57.6 Å². The van der Waals surface area contributed by atoms with Crippen LogP contribution in [0.3, 0.4) is 0 Å². The van der Waals surface area contributed by atoms with Crippen molar-refractivity contribution in [2.45, 2.75) is 0 Å². The van der Waals surface area contributed by atoms with Gasteiger partial charge in [0.1, 0.15) is 11.4 Å². The fourth-order valence-electron chi connectivity index (χ4n) is 1.83. The molecule has 0 unspecified atom stereocenters. The van der Waals surface area contributed by atoms with Gasteiger partial charge in [0.15, 0.2) is 0 Å². The molecule has 3 aromatic rings. The molecule has 1 heterocycles. The number of rotatable bonds is 2. The van der Waals surface area contributed by atoms with Crippen molar-refractivity contribution in [1.82, 2.24) is 15.0 Å². The van der Waals surface area contributed by atoms with E-state index in [1.807, 2.05) is 24.4 Å². The van der Waals surface area contributed by atoms with Crippen LogP contribution in [0.4, 0.5) is 0 Å². The van der Waals surface area contributed by atoms with Crippen LogP contribution >= 0.6 is 31.9 Å². The number of hydrogen-bond donors (Lipinski definition) is 1. The largest absolute Gasteiger partial charge is 0.508 e. The highest BCUT2D eigenvalue weighted by molar-refractivity contribution is 9.11. The van der Waals surface area contributed by atoms with Crippen LogP contribution in [0.25, 0.3) is 16.9 Å². The Morgan fingerprint density at radius 2 is 1.60 bits per heavy atom. The highest BCUT2D eigenvalue weighted by Gasteiger charge is 2.06. The minimum atomic E-state index is 0.233. The van der Waals surface area contributed by atoms with Crippen LogP contribution in [-0.4, -0.2) is 20.1 Å². The molecule has 4 nitrogen and oxygen atoms in total. The molecule has 6 heteroatoms. The molecule has 1 aromatic heterocycles. The van der Waals surface area contributed by atoms with Crippen molar-refractivity contribution in [3.63, 3.8) is 0 Å². The molecule has 0 aliphatic heterocycles. The summed E-state index contributed by atoms with van der Waals surface area (Å²) in [6, 6.07) is 12.7. The highest BCUT2D eigenvalue weighted by Crippen LogP contribution is 2.24. The fourth-order valence-corrected chi connectivity index (χ4v) is 3.10. The molecule has 0 fully saturated rings. The van der Waals surface area contributed by atoms with Gasteiger partial charge in [0.25, 0.3) is 0 Å². The lowest BCUT2D eigenvalue weighted by atomic mass is 10.2. The van der Waals surface area contributed by atoms with Crippen LogP contribution in [0, 0.1) is 0 Å². The summed E-state index contributed by atoms with van der Waals surface area (Å²) >= 11 is 6.90. The zero-order valence-corrected chi connectivity index (χ0v) is 13.3. The number of phenolic OH excluding ortho intramolecular Hbond substituents is 1. The average molecular weight is 395 g/mol. The fraction of sp³-hybridized carbons (Fsp3) is 0. The molecule has 0 saturated heterocycles. The molecule has 0 atom stereocenters. The van der Waals surface area contributed by atoms with E-state index in [2.05, 4.69) is 42.2 Å². The third-order valence-corrected chi connectivity index (χ3v) is 3.68. The Morgan fingerprint density at radius 1 is 0.950 bits per heavy atom. The second kappa shape index (κ2) is 5.38. The Bertz CT molecular complexity index is 733. The molecule has 2 aromatic carbocycles. The van der Waals surface area contributed by atoms with E-state index >= 15 is 0 Å². The van der Waals surface area contributed by atoms with Gasteiger partial charge in [-0.05, 0) is 42.5 Å². The van der Waals surface area contributed by atoms with Crippen molar-refractivity contribution in [3.8, 4) is 22.7 Å². The van der Waals surface area contributed by atoms with E-state index in [1.165, 1.54) is 0 Å². The highest BCUT2D eigenvalue weighted by atomic mass is 79.9. The Hall–Kier alpha value is -1.66. The van der Waals surface area contributed by atoms with Crippen molar-refractivity contribution >= 4 is 31.9 Å². The van der Waals surface area contributed by atoms with Gasteiger partial charge in [-0.25, -0.2) is 4.68 Å². The molecule has 0 aliphatic carbocycles. The second-order valence-electron chi connectivity index (χ2n) is 4.22. The van der Waals surface area contributed by atoms with Crippen molar-refractivity contribution in [2.75, 3.05) is 0 Å². The number of aromatic hydroxyl groups is 1. The van der Waals surface area contributed by atoms with Crippen LogP contribution < -0.4 is 0 Å². The summed E-state index contributed by atoms with van der Waals surface area (Å²) < 4.78 is 3.63. The summed E-state index contributed by atoms with van der Waals surface area (Å²) in [5, 5.41) is 17.6. The van der Waals surface area contributed by atoms with Crippen molar-refractivity contribution < 1.29 is 5.11 Å². The Balaban J connectivity index is 1.99. The number of benzene rings is 2. The minimum absolute atomic E-state index is 0.233. The first-order chi connectivity index (χ1) is 9.61. The third-order valence-electron chi connectivity index (χ3n) is 2.77. The smallest absolute Gasteiger partial charge is 0.115 e. The van der Waals surface area contributed by atoms with E-state index in [0.717, 1.165) is 25.9 Å². The van der Waals surface area contributed by atoms with Crippen LogP contribution in [0.2, 0.25) is 0 Å². The Kier molecular flexibility index (Phi) is 3.58. The summed E-state index contributed by atoms with van der Waals surface area (Å²) in [6.07, 6.45) is 1.85. The first-order valence-corrected chi connectivity index (χ1v) is 7.39. The summed E-state index contributed by atoms with van der Waals surface area (Å²) in [5.74, 6) is 0.233. The molecular weight excluding hydrogens is 386 g/mol. The number of nitrogens with zero attached hydrogens (tertiary/aromatic N) is 3. The van der Waals surface area contributed by atoms with E-state index in [9.17, 15) is 5.11 Å². The topological polar surface area (TPSA) is 50.9 Å². The number of aromatic nitrogens is 3. The van der Waals surface area contributed by atoms with Gasteiger partial charge in [-0.1, -0.05) is 37.1 Å². The first kappa shape index (κ1) is 13.3. The molecule has 3 rings (SSSR count). The lowest BCUT2D eigenvalue weighted by molar-refractivity contribution is 0.475. The van der Waals surface area contributed by atoms with Gasteiger partial charge in [0, 0.05) is 14.5 Å². The predicted molar refractivity (Wildman–Crippen MR) is 83.9 cm³/mol. The van der Waals surface area contributed by atoms with Crippen molar-refractivity contribution in [2.24, 2.45) is 0 Å². The molecule has 0 aliphatic rings. The van der Waals surface area contributed by atoms with E-state index in [1.54, 1.807) is 28.9 Å². The maximum absolute atomic E-state index is 9.30. The van der Waals surface area contributed by atoms with Crippen LogP contribution in [-0.2, 0) is 0 Å².